The Morgan fingerprint density at radius 2 is 1.52 bits per heavy atom. The predicted molar refractivity (Wildman–Crippen MR) is 69.8 cm³/mol. The fourth-order valence-electron chi connectivity index (χ4n) is 2.32. The number of carbonyl (C=O) groups excluding carboxylic acids is 1. The van der Waals surface area contributed by atoms with Crippen LogP contribution in [0.5, 0.6) is 0 Å². The molecule has 2 rings (SSSR count). The van der Waals surface area contributed by atoms with Crippen LogP contribution in [0, 0.1) is 23.3 Å². The first-order chi connectivity index (χ1) is 10.0. The van der Waals surface area contributed by atoms with Crippen LogP contribution in [0.4, 0.5) is 23.2 Å². The number of nitrogens with zero attached hydrogens (tertiary/aromatic N) is 1. The second kappa shape index (κ2) is 6.78. The Bertz CT molecular complexity index is 502. The summed E-state index contributed by atoms with van der Waals surface area (Å²) in [5.74, 6) is -6.41. The molecule has 1 aliphatic heterocycles. The van der Waals surface area contributed by atoms with Crippen LogP contribution < -0.4 is 5.32 Å². The summed E-state index contributed by atoms with van der Waals surface area (Å²) in [5, 5.41) is 2.16. The molecule has 1 aliphatic rings. The van der Waals surface area contributed by atoms with Crippen molar-refractivity contribution in [3.63, 3.8) is 0 Å². The Labute approximate surface area is 119 Å². The molecular formula is C14H16F4N2O. The van der Waals surface area contributed by atoms with Crippen molar-refractivity contribution in [2.24, 2.45) is 0 Å². The van der Waals surface area contributed by atoms with E-state index in [1.165, 1.54) is 0 Å². The summed E-state index contributed by atoms with van der Waals surface area (Å²) in [6.45, 7) is 0.767. The molecule has 0 spiro atoms. The van der Waals surface area contributed by atoms with E-state index >= 15 is 0 Å². The number of carbonyl (C=O) groups is 1. The molecule has 3 nitrogen and oxygen atoms in total. The average Bonchev–Trinajstić information content (AvgIpc) is 2.74. The smallest absolute Gasteiger partial charge is 0.241 e. The summed E-state index contributed by atoms with van der Waals surface area (Å²) in [7, 11) is 0. The minimum absolute atomic E-state index is 0.131. The third-order valence-electron chi connectivity index (χ3n) is 3.49. The number of halogens is 4. The monoisotopic (exact) mass is 304 g/mol. The average molecular weight is 304 g/mol. The minimum atomic E-state index is -1.53. The van der Waals surface area contributed by atoms with Crippen molar-refractivity contribution in [2.45, 2.75) is 25.7 Å². The van der Waals surface area contributed by atoms with Crippen LogP contribution in [0.15, 0.2) is 6.07 Å². The van der Waals surface area contributed by atoms with E-state index in [1.54, 1.807) is 4.90 Å². The second-order valence-electron chi connectivity index (χ2n) is 4.99. The Hall–Kier alpha value is -1.79. The molecule has 0 unspecified atom stereocenters. The van der Waals surface area contributed by atoms with Crippen molar-refractivity contribution in [3.05, 3.63) is 29.3 Å². The summed E-state index contributed by atoms with van der Waals surface area (Å²) in [6, 6.07) is 0.131. The van der Waals surface area contributed by atoms with E-state index in [0.29, 0.717) is 13.1 Å². The van der Waals surface area contributed by atoms with Gasteiger partial charge in [0.1, 0.15) is 5.69 Å². The molecule has 1 heterocycles. The lowest BCUT2D eigenvalue weighted by Crippen LogP contribution is -2.36. The van der Waals surface area contributed by atoms with Crippen molar-refractivity contribution in [3.8, 4) is 0 Å². The summed E-state index contributed by atoms with van der Waals surface area (Å²) >= 11 is 0. The highest BCUT2D eigenvalue weighted by Gasteiger charge is 2.21. The molecule has 0 aromatic heterocycles. The van der Waals surface area contributed by atoms with E-state index in [4.69, 9.17) is 0 Å². The number of amides is 1. The zero-order valence-corrected chi connectivity index (χ0v) is 11.4. The van der Waals surface area contributed by atoms with Gasteiger partial charge < -0.3 is 10.2 Å². The highest BCUT2D eigenvalue weighted by Crippen LogP contribution is 2.24. The third kappa shape index (κ3) is 3.65. The first-order valence-electron chi connectivity index (χ1n) is 6.85. The Morgan fingerprint density at radius 1 is 1.00 bits per heavy atom. The van der Waals surface area contributed by atoms with E-state index in [2.05, 4.69) is 5.32 Å². The van der Waals surface area contributed by atoms with Gasteiger partial charge in [0, 0.05) is 19.2 Å². The first kappa shape index (κ1) is 15.6. The molecule has 0 aliphatic carbocycles. The number of likely N-dealkylation sites (tertiary alicyclic amines) is 1. The molecule has 1 amide bonds. The number of nitrogens with one attached hydrogen (secondary N) is 1. The van der Waals surface area contributed by atoms with E-state index in [1.807, 2.05) is 0 Å². The molecule has 116 valence electrons. The second-order valence-corrected chi connectivity index (χ2v) is 4.99. The fourth-order valence-corrected chi connectivity index (χ4v) is 2.32. The predicted octanol–water partition coefficient (Wildman–Crippen LogP) is 3.06. The Balaban J connectivity index is 2.04. The van der Waals surface area contributed by atoms with Gasteiger partial charge in [0.15, 0.2) is 23.3 Å². The number of rotatable bonds is 3. The maximum Gasteiger partial charge on any atom is 0.241 e. The summed E-state index contributed by atoms with van der Waals surface area (Å²) < 4.78 is 52.9. The van der Waals surface area contributed by atoms with Gasteiger partial charge in [0.05, 0.1) is 6.54 Å². The normalized spacial score (nSPS) is 15.7. The number of anilines is 1. The highest BCUT2D eigenvalue weighted by atomic mass is 19.2. The molecular weight excluding hydrogens is 288 g/mol. The molecule has 0 bridgehead atoms. The molecule has 1 N–H and O–H groups in total. The van der Waals surface area contributed by atoms with Crippen molar-refractivity contribution in [1.29, 1.82) is 0 Å². The van der Waals surface area contributed by atoms with E-state index in [-0.39, 0.29) is 12.0 Å². The molecule has 0 radical (unpaired) electrons. The lowest BCUT2D eigenvalue weighted by molar-refractivity contribution is -0.129. The number of hydrogen-bond acceptors (Lipinski definition) is 2. The molecule has 21 heavy (non-hydrogen) atoms. The van der Waals surface area contributed by atoms with Gasteiger partial charge in [-0.3, -0.25) is 4.79 Å². The molecule has 0 saturated carbocycles. The van der Waals surface area contributed by atoms with E-state index in [9.17, 15) is 22.4 Å². The van der Waals surface area contributed by atoms with Gasteiger partial charge in [-0.25, -0.2) is 17.6 Å². The zero-order valence-electron chi connectivity index (χ0n) is 11.4. The van der Waals surface area contributed by atoms with Gasteiger partial charge >= 0.3 is 0 Å². The van der Waals surface area contributed by atoms with Crippen LogP contribution in [-0.4, -0.2) is 30.4 Å². The Kier molecular flexibility index (Phi) is 5.03. The van der Waals surface area contributed by atoms with Gasteiger partial charge in [-0.15, -0.1) is 0 Å². The van der Waals surface area contributed by atoms with Crippen molar-refractivity contribution < 1.29 is 22.4 Å². The quantitative estimate of drug-likeness (QED) is 0.687. The molecule has 1 aromatic carbocycles. The first-order valence-corrected chi connectivity index (χ1v) is 6.85. The van der Waals surface area contributed by atoms with Gasteiger partial charge in [-0.2, -0.15) is 0 Å². The maximum absolute atomic E-state index is 13.4. The van der Waals surface area contributed by atoms with Gasteiger partial charge in [-0.05, 0) is 12.8 Å². The topological polar surface area (TPSA) is 32.3 Å². The summed E-state index contributed by atoms with van der Waals surface area (Å²) in [5.41, 5.74) is -0.948. The SMILES string of the molecule is O=C(CNc1c(F)c(F)cc(F)c1F)N1CCCCCC1. The summed E-state index contributed by atoms with van der Waals surface area (Å²) in [4.78, 5) is 13.5. The zero-order chi connectivity index (χ0) is 15.4. The fraction of sp³-hybridized carbons (Fsp3) is 0.500. The minimum Gasteiger partial charge on any atom is -0.371 e. The Morgan fingerprint density at radius 3 is 2.05 bits per heavy atom. The largest absolute Gasteiger partial charge is 0.371 e. The van der Waals surface area contributed by atoms with E-state index < -0.39 is 35.5 Å². The molecule has 7 heteroatoms. The van der Waals surface area contributed by atoms with Crippen molar-refractivity contribution >= 4 is 11.6 Å². The van der Waals surface area contributed by atoms with Crippen LogP contribution in [0.1, 0.15) is 25.7 Å². The van der Waals surface area contributed by atoms with Crippen LogP contribution >= 0.6 is 0 Å². The van der Waals surface area contributed by atoms with Crippen LogP contribution in [0.25, 0.3) is 0 Å². The summed E-state index contributed by atoms with van der Waals surface area (Å²) in [6.07, 6.45) is 3.83. The molecule has 0 atom stereocenters. The number of hydrogen-bond donors (Lipinski definition) is 1. The van der Waals surface area contributed by atoms with Crippen LogP contribution in [0.2, 0.25) is 0 Å². The van der Waals surface area contributed by atoms with E-state index in [0.717, 1.165) is 25.7 Å². The van der Waals surface area contributed by atoms with Crippen molar-refractivity contribution in [1.82, 2.24) is 4.90 Å². The standard InChI is InChI=1S/C14H16F4N2O/c15-9-7-10(16)13(18)14(12(9)17)19-8-11(21)20-5-3-1-2-4-6-20/h7,19H,1-6,8H2. The van der Waals surface area contributed by atoms with Crippen LogP contribution in [-0.2, 0) is 4.79 Å². The third-order valence-corrected chi connectivity index (χ3v) is 3.49. The van der Waals surface area contributed by atoms with Crippen LogP contribution in [0.3, 0.4) is 0 Å². The molecule has 1 aromatic rings. The van der Waals surface area contributed by atoms with Gasteiger partial charge in [-0.1, -0.05) is 12.8 Å². The molecule has 1 fully saturated rings. The lowest BCUT2D eigenvalue weighted by atomic mass is 10.2. The van der Waals surface area contributed by atoms with Gasteiger partial charge in [0.2, 0.25) is 5.91 Å². The maximum atomic E-state index is 13.4. The highest BCUT2D eigenvalue weighted by molar-refractivity contribution is 5.81. The number of benzene rings is 1. The lowest BCUT2D eigenvalue weighted by Gasteiger charge is -2.21. The molecule has 1 saturated heterocycles. The van der Waals surface area contributed by atoms with Gasteiger partial charge in [0.25, 0.3) is 0 Å². The van der Waals surface area contributed by atoms with Crippen molar-refractivity contribution in [2.75, 3.05) is 25.0 Å².